The lowest BCUT2D eigenvalue weighted by Gasteiger charge is -2.01. The Kier molecular flexibility index (Phi) is 3.15. The third-order valence-electron chi connectivity index (χ3n) is 4.13. The largest absolute Gasteiger partial charge is 0.267 e. The summed E-state index contributed by atoms with van der Waals surface area (Å²) in [6.45, 7) is 4.27. The van der Waals surface area contributed by atoms with Crippen molar-refractivity contribution in [1.82, 2.24) is 14.5 Å². The average Bonchev–Trinajstić information content (AvgIpc) is 2.95. The van der Waals surface area contributed by atoms with E-state index in [1.807, 2.05) is 55.1 Å². The van der Waals surface area contributed by atoms with Crippen molar-refractivity contribution in [2.24, 2.45) is 0 Å². The van der Waals surface area contributed by atoms with Gasteiger partial charge in [0.2, 0.25) is 6.33 Å². The van der Waals surface area contributed by atoms with Crippen molar-refractivity contribution < 1.29 is 4.57 Å². The number of imidazole rings is 1. The standard InChI is InChI=1S/C19H17N4/c1-14-11-16-17(12-15(14)2)23(19-8-4-6-10-21-19)13-22(16)18-7-3-5-9-20-18/h3-13H,1-2H3/q+1. The van der Waals surface area contributed by atoms with E-state index < -0.39 is 0 Å². The molecule has 4 aromatic rings. The maximum absolute atomic E-state index is 4.49. The average molecular weight is 301 g/mol. The van der Waals surface area contributed by atoms with Crippen LogP contribution in [0.2, 0.25) is 0 Å². The summed E-state index contributed by atoms with van der Waals surface area (Å²) in [6, 6.07) is 16.3. The van der Waals surface area contributed by atoms with Crippen LogP contribution in [0.1, 0.15) is 11.1 Å². The van der Waals surface area contributed by atoms with Crippen molar-refractivity contribution in [3.05, 3.63) is 78.4 Å². The van der Waals surface area contributed by atoms with Crippen LogP contribution in [-0.4, -0.2) is 14.5 Å². The lowest BCUT2D eigenvalue weighted by Crippen LogP contribution is -2.30. The predicted octanol–water partition coefficient (Wildman–Crippen LogP) is 3.31. The molecule has 4 heteroatoms. The first kappa shape index (κ1) is 13.6. The van der Waals surface area contributed by atoms with Crippen LogP contribution < -0.4 is 4.57 Å². The van der Waals surface area contributed by atoms with E-state index in [1.54, 1.807) is 0 Å². The fourth-order valence-electron chi connectivity index (χ4n) is 2.77. The maximum Gasteiger partial charge on any atom is 0.267 e. The van der Waals surface area contributed by atoms with Gasteiger partial charge in [-0.2, -0.15) is 4.57 Å². The van der Waals surface area contributed by atoms with Crippen LogP contribution >= 0.6 is 0 Å². The maximum atomic E-state index is 4.49. The topological polar surface area (TPSA) is 34.6 Å². The SMILES string of the molecule is Cc1cc2c(cc1C)[n+](-c1ccccn1)cn2-c1ccccn1. The van der Waals surface area contributed by atoms with Crippen molar-refractivity contribution in [2.45, 2.75) is 13.8 Å². The van der Waals surface area contributed by atoms with Crippen molar-refractivity contribution in [2.75, 3.05) is 0 Å². The fraction of sp³-hybridized carbons (Fsp3) is 0.105. The molecular weight excluding hydrogens is 284 g/mol. The summed E-state index contributed by atoms with van der Waals surface area (Å²) < 4.78 is 4.22. The van der Waals surface area contributed by atoms with Gasteiger partial charge >= 0.3 is 0 Å². The first-order chi connectivity index (χ1) is 11.2. The summed E-state index contributed by atoms with van der Waals surface area (Å²) in [7, 11) is 0. The first-order valence-corrected chi connectivity index (χ1v) is 7.61. The van der Waals surface area contributed by atoms with Gasteiger partial charge in [-0.05, 0) is 55.3 Å². The number of hydrogen-bond donors (Lipinski definition) is 0. The van der Waals surface area contributed by atoms with Gasteiger partial charge in [-0.3, -0.25) is 0 Å². The zero-order chi connectivity index (χ0) is 15.8. The molecule has 112 valence electrons. The summed E-state index contributed by atoms with van der Waals surface area (Å²) in [5.41, 5.74) is 4.77. The number of pyridine rings is 2. The highest BCUT2D eigenvalue weighted by atomic mass is 15.2. The van der Waals surface area contributed by atoms with E-state index in [4.69, 9.17) is 0 Å². The summed E-state index contributed by atoms with van der Waals surface area (Å²) >= 11 is 0. The van der Waals surface area contributed by atoms with Gasteiger partial charge in [-0.1, -0.05) is 12.1 Å². The second-order valence-corrected chi connectivity index (χ2v) is 5.66. The molecule has 0 unspecified atom stereocenters. The van der Waals surface area contributed by atoms with Gasteiger partial charge in [0.05, 0.1) is 0 Å². The van der Waals surface area contributed by atoms with E-state index in [0.29, 0.717) is 0 Å². The molecule has 4 nitrogen and oxygen atoms in total. The van der Waals surface area contributed by atoms with E-state index >= 15 is 0 Å². The summed E-state index contributed by atoms with van der Waals surface area (Å²) in [5.74, 6) is 1.80. The molecular formula is C19H17N4+. The molecule has 0 spiro atoms. The summed E-state index contributed by atoms with van der Waals surface area (Å²) in [6.07, 6.45) is 5.68. The number of nitrogens with zero attached hydrogens (tertiary/aromatic N) is 4. The third kappa shape index (κ3) is 2.28. The molecule has 0 bridgehead atoms. The van der Waals surface area contributed by atoms with Crippen molar-refractivity contribution >= 4 is 11.0 Å². The molecule has 0 saturated carbocycles. The highest BCUT2D eigenvalue weighted by Gasteiger charge is 2.19. The highest BCUT2D eigenvalue weighted by molar-refractivity contribution is 5.76. The van der Waals surface area contributed by atoms with Gasteiger partial charge in [0, 0.05) is 12.3 Å². The van der Waals surface area contributed by atoms with Crippen molar-refractivity contribution in [3.8, 4) is 11.6 Å². The van der Waals surface area contributed by atoms with Gasteiger partial charge < -0.3 is 0 Å². The zero-order valence-corrected chi connectivity index (χ0v) is 13.1. The minimum atomic E-state index is 0.899. The number of aromatic nitrogens is 4. The molecule has 0 amide bonds. The molecule has 0 N–H and O–H groups in total. The molecule has 3 heterocycles. The van der Waals surface area contributed by atoms with Crippen LogP contribution in [0, 0.1) is 13.8 Å². The van der Waals surface area contributed by atoms with E-state index in [-0.39, 0.29) is 0 Å². The minimum absolute atomic E-state index is 0.899. The van der Waals surface area contributed by atoms with Crippen LogP contribution in [0.3, 0.4) is 0 Å². The minimum Gasteiger partial charge on any atom is -0.225 e. The number of aryl methyl sites for hydroxylation is 2. The second kappa shape index (κ2) is 5.32. The third-order valence-corrected chi connectivity index (χ3v) is 4.13. The van der Waals surface area contributed by atoms with Gasteiger partial charge in [0.25, 0.3) is 5.82 Å². The predicted molar refractivity (Wildman–Crippen MR) is 89.9 cm³/mol. The Hall–Kier alpha value is -3.01. The fourth-order valence-corrected chi connectivity index (χ4v) is 2.77. The Morgan fingerprint density at radius 3 is 2.30 bits per heavy atom. The van der Waals surface area contributed by atoms with E-state index in [9.17, 15) is 0 Å². The van der Waals surface area contributed by atoms with Gasteiger partial charge in [0.1, 0.15) is 17.2 Å². The van der Waals surface area contributed by atoms with E-state index in [1.165, 1.54) is 11.1 Å². The molecule has 1 aromatic carbocycles. The van der Waals surface area contributed by atoms with Crippen LogP contribution in [0.5, 0.6) is 0 Å². The Morgan fingerprint density at radius 1 is 0.870 bits per heavy atom. The van der Waals surface area contributed by atoms with E-state index in [2.05, 4.69) is 45.1 Å². The van der Waals surface area contributed by atoms with E-state index in [0.717, 1.165) is 22.7 Å². The highest BCUT2D eigenvalue weighted by Crippen LogP contribution is 2.21. The molecule has 0 aliphatic carbocycles. The monoisotopic (exact) mass is 301 g/mol. The van der Waals surface area contributed by atoms with Gasteiger partial charge in [-0.25, -0.2) is 9.55 Å². The summed E-state index contributed by atoms with van der Waals surface area (Å²) in [5, 5.41) is 0. The Labute approximate surface area is 134 Å². The van der Waals surface area contributed by atoms with Crippen LogP contribution in [0.4, 0.5) is 0 Å². The Bertz CT molecular complexity index is 893. The lowest BCUT2D eigenvalue weighted by molar-refractivity contribution is -0.571. The molecule has 0 atom stereocenters. The van der Waals surface area contributed by atoms with Gasteiger partial charge in [0.15, 0.2) is 5.82 Å². The van der Waals surface area contributed by atoms with Crippen LogP contribution in [-0.2, 0) is 0 Å². The molecule has 23 heavy (non-hydrogen) atoms. The summed E-state index contributed by atoms with van der Waals surface area (Å²) in [4.78, 5) is 8.97. The number of hydrogen-bond acceptors (Lipinski definition) is 2. The number of benzene rings is 1. The Morgan fingerprint density at radius 2 is 1.61 bits per heavy atom. The molecule has 0 radical (unpaired) electrons. The van der Waals surface area contributed by atoms with Crippen LogP contribution in [0.15, 0.2) is 67.3 Å². The van der Waals surface area contributed by atoms with Crippen molar-refractivity contribution in [3.63, 3.8) is 0 Å². The molecule has 0 aliphatic heterocycles. The lowest BCUT2D eigenvalue weighted by atomic mass is 10.1. The molecule has 0 saturated heterocycles. The zero-order valence-electron chi connectivity index (χ0n) is 13.1. The molecule has 0 aliphatic rings. The number of rotatable bonds is 2. The van der Waals surface area contributed by atoms with Crippen LogP contribution in [0.25, 0.3) is 22.7 Å². The molecule has 4 rings (SSSR count). The number of fused-ring (bicyclic) bond motifs is 1. The first-order valence-electron chi connectivity index (χ1n) is 7.61. The normalized spacial score (nSPS) is 11.0. The quantitative estimate of drug-likeness (QED) is 0.532. The van der Waals surface area contributed by atoms with Gasteiger partial charge in [-0.15, -0.1) is 4.98 Å². The smallest absolute Gasteiger partial charge is 0.225 e. The molecule has 0 fully saturated rings. The van der Waals surface area contributed by atoms with Crippen molar-refractivity contribution in [1.29, 1.82) is 0 Å². The Balaban J connectivity index is 2.07. The molecule has 3 aromatic heterocycles. The second-order valence-electron chi connectivity index (χ2n) is 5.66.